The van der Waals surface area contributed by atoms with E-state index in [1.807, 2.05) is 32.2 Å². The zero-order valence-corrected chi connectivity index (χ0v) is 22.2. The van der Waals surface area contributed by atoms with Crippen molar-refractivity contribution >= 4 is 43.7 Å². The van der Waals surface area contributed by atoms with Crippen molar-refractivity contribution in [2.45, 2.75) is 58.2 Å². The fourth-order valence-electron chi connectivity index (χ4n) is 5.67. The average molecular weight is 551 g/mol. The molecule has 4 atom stereocenters. The second-order valence-electron chi connectivity index (χ2n) is 10.4. The van der Waals surface area contributed by atoms with Gasteiger partial charge < -0.3 is 19.8 Å². The van der Waals surface area contributed by atoms with Crippen LogP contribution in [-0.4, -0.2) is 32.5 Å². The van der Waals surface area contributed by atoms with Crippen molar-refractivity contribution in [1.29, 1.82) is 0 Å². The first kappa shape index (κ1) is 23.6. The van der Waals surface area contributed by atoms with Crippen LogP contribution in [0.2, 0.25) is 0 Å². The summed E-state index contributed by atoms with van der Waals surface area (Å²) < 4.78 is 30.5. The molecule has 36 heavy (non-hydrogen) atoms. The van der Waals surface area contributed by atoms with Crippen molar-refractivity contribution in [3.05, 3.63) is 75.8 Å². The first-order valence-electron chi connectivity index (χ1n) is 12.1. The third-order valence-electron chi connectivity index (χ3n) is 7.35. The summed E-state index contributed by atoms with van der Waals surface area (Å²) in [5, 5.41) is 1.58. The molecule has 1 fully saturated rings. The topological polar surface area (TPSA) is 75.2 Å². The second-order valence-corrected chi connectivity index (χ2v) is 11.2. The Labute approximate surface area is 217 Å². The van der Waals surface area contributed by atoms with Gasteiger partial charge in [0.2, 0.25) is 0 Å². The molecule has 0 radical (unpaired) electrons. The van der Waals surface area contributed by atoms with Crippen molar-refractivity contribution in [2.24, 2.45) is 5.92 Å². The Kier molecular flexibility index (Phi) is 5.48. The first-order chi connectivity index (χ1) is 17.1. The lowest BCUT2D eigenvalue weighted by molar-refractivity contribution is -0.148. The summed E-state index contributed by atoms with van der Waals surface area (Å²) in [4.78, 5) is 9.04. The lowest BCUT2D eigenvalue weighted by atomic mass is 9.91. The number of nitrogens with zero attached hydrogens (tertiary/aromatic N) is 3. The van der Waals surface area contributed by atoms with Crippen molar-refractivity contribution in [2.75, 3.05) is 5.73 Å². The molecule has 186 valence electrons. The maximum Gasteiger partial charge on any atom is 0.164 e. The fraction of sp³-hybridized carbons (Fsp3) is 0.357. The molecule has 6 nitrogen and oxygen atoms in total. The molecule has 4 aromatic rings. The summed E-state index contributed by atoms with van der Waals surface area (Å²) >= 11 is 3.34. The molecular weight excluding hydrogens is 523 g/mol. The van der Waals surface area contributed by atoms with E-state index in [0.717, 1.165) is 22.2 Å². The Morgan fingerprint density at radius 1 is 1.19 bits per heavy atom. The predicted molar refractivity (Wildman–Crippen MR) is 142 cm³/mol. The summed E-state index contributed by atoms with van der Waals surface area (Å²) in [6, 6.07) is 9.28. The Morgan fingerprint density at radius 3 is 2.81 bits per heavy atom. The molecule has 1 aliphatic heterocycles. The van der Waals surface area contributed by atoms with Crippen molar-refractivity contribution in [1.82, 2.24) is 14.5 Å². The number of fused-ring (bicyclic) bond motifs is 3. The summed E-state index contributed by atoms with van der Waals surface area (Å²) in [5.74, 6) is -0.553. The van der Waals surface area contributed by atoms with Gasteiger partial charge in [-0.25, -0.2) is 14.4 Å². The molecule has 1 aromatic carbocycles. The number of rotatable bonds is 4. The Hall–Kier alpha value is -2.81. The number of halogens is 2. The number of hydrogen-bond donors (Lipinski definition) is 1. The zero-order valence-electron chi connectivity index (χ0n) is 20.6. The van der Waals surface area contributed by atoms with Gasteiger partial charge >= 0.3 is 0 Å². The normalized spacial score (nSPS) is 23.8. The minimum atomic E-state index is -0.691. The van der Waals surface area contributed by atoms with E-state index < -0.39 is 5.79 Å². The number of benzene rings is 1. The third kappa shape index (κ3) is 3.83. The third-order valence-corrected chi connectivity index (χ3v) is 7.98. The predicted octanol–water partition coefficient (Wildman–Crippen LogP) is 6.26. The van der Waals surface area contributed by atoms with Crippen LogP contribution in [0, 0.1) is 18.7 Å². The molecular formula is C28H28BrFN4O2. The van der Waals surface area contributed by atoms with E-state index in [-0.39, 0.29) is 30.0 Å². The van der Waals surface area contributed by atoms with Crippen LogP contribution < -0.4 is 5.73 Å². The van der Waals surface area contributed by atoms with Crippen molar-refractivity contribution in [3.8, 4) is 0 Å². The van der Waals surface area contributed by atoms with Crippen LogP contribution in [0.15, 0.2) is 58.8 Å². The molecule has 0 bridgehead atoms. The molecule has 2 aliphatic rings. The molecule has 2 N–H and O–H groups in total. The van der Waals surface area contributed by atoms with Crippen LogP contribution in [0.4, 0.5) is 10.2 Å². The fourth-order valence-corrected chi connectivity index (χ4v) is 5.98. The van der Waals surface area contributed by atoms with Crippen LogP contribution in [0.3, 0.4) is 0 Å². The number of aryl methyl sites for hydroxylation is 1. The molecule has 1 aliphatic carbocycles. The highest BCUT2D eigenvalue weighted by Gasteiger charge is 2.51. The number of anilines is 1. The van der Waals surface area contributed by atoms with Crippen LogP contribution in [0.25, 0.3) is 21.9 Å². The Balaban J connectivity index is 1.36. The van der Waals surface area contributed by atoms with Crippen LogP contribution in [0.1, 0.15) is 37.9 Å². The molecule has 6 rings (SSSR count). The van der Waals surface area contributed by atoms with Gasteiger partial charge in [-0.05, 0) is 96.1 Å². The van der Waals surface area contributed by atoms with E-state index in [0.29, 0.717) is 27.6 Å². The molecule has 0 amide bonds. The first-order valence-corrected chi connectivity index (χ1v) is 12.9. The summed E-state index contributed by atoms with van der Waals surface area (Å²) in [6.45, 7) is 8.15. The van der Waals surface area contributed by atoms with Gasteiger partial charge in [-0.1, -0.05) is 13.0 Å². The summed E-state index contributed by atoms with van der Waals surface area (Å²) in [6.07, 6.45) is 6.47. The number of nitrogens with two attached hydrogens (primary N) is 1. The monoisotopic (exact) mass is 550 g/mol. The van der Waals surface area contributed by atoms with Crippen LogP contribution in [-0.2, 0) is 15.9 Å². The number of hydrogen-bond acceptors (Lipinski definition) is 5. The van der Waals surface area contributed by atoms with Gasteiger partial charge in [0.05, 0.1) is 16.0 Å². The highest BCUT2D eigenvalue weighted by molar-refractivity contribution is 9.10. The highest BCUT2D eigenvalue weighted by atomic mass is 79.9. The summed E-state index contributed by atoms with van der Waals surface area (Å²) in [7, 11) is 0. The van der Waals surface area contributed by atoms with E-state index in [2.05, 4.69) is 62.7 Å². The Morgan fingerprint density at radius 2 is 2.00 bits per heavy atom. The quantitative estimate of drug-likeness (QED) is 0.303. The molecule has 4 heterocycles. The number of pyridine rings is 2. The Bertz CT molecular complexity index is 1550. The van der Waals surface area contributed by atoms with E-state index in [9.17, 15) is 4.39 Å². The van der Waals surface area contributed by atoms with E-state index in [1.165, 1.54) is 5.56 Å². The van der Waals surface area contributed by atoms with Crippen LogP contribution in [0.5, 0.6) is 0 Å². The molecule has 8 heteroatoms. The zero-order chi connectivity index (χ0) is 25.4. The molecule has 3 aromatic heterocycles. The van der Waals surface area contributed by atoms with E-state index in [4.69, 9.17) is 15.2 Å². The highest BCUT2D eigenvalue weighted by Crippen LogP contribution is 2.46. The maximum absolute atomic E-state index is 15.0. The van der Waals surface area contributed by atoms with Crippen molar-refractivity contribution < 1.29 is 13.9 Å². The van der Waals surface area contributed by atoms with Gasteiger partial charge in [-0.3, -0.25) is 0 Å². The van der Waals surface area contributed by atoms with E-state index in [1.54, 1.807) is 12.1 Å². The lowest BCUT2D eigenvalue weighted by Gasteiger charge is -2.22. The van der Waals surface area contributed by atoms with Gasteiger partial charge in [0.1, 0.15) is 29.5 Å². The standard InChI is InChI=1S/C28H28BrFN4O2/c1-14-5-7-32-27-17(14)6-8-34(27)23-13-18(24-25(23)36-28(3,4)35-24)15(2)9-16-10-21(30)19-12-20(29)26(31)33-22(19)11-16/h5-8,10-13,15,23-25H,9H2,1-4H3,(H2,31,33)/t15?,23-,24-,25+/m1/s1. The molecule has 1 unspecified atom stereocenters. The van der Waals surface area contributed by atoms with Crippen LogP contribution >= 0.6 is 15.9 Å². The van der Waals surface area contributed by atoms with Gasteiger partial charge in [-0.2, -0.15) is 0 Å². The smallest absolute Gasteiger partial charge is 0.164 e. The molecule has 1 saturated heterocycles. The minimum absolute atomic E-state index is 0.0480. The maximum atomic E-state index is 15.0. The number of aromatic nitrogens is 3. The lowest BCUT2D eigenvalue weighted by Crippen LogP contribution is -2.28. The van der Waals surface area contributed by atoms with Gasteiger partial charge in [0.25, 0.3) is 0 Å². The largest absolute Gasteiger partial charge is 0.383 e. The minimum Gasteiger partial charge on any atom is -0.383 e. The SMILES string of the molecule is Cc1ccnc2c1ccn2[C@@H]1C=C(C(C)Cc2cc(F)c3cc(Br)c(N)nc3c2)[C@H]2OC(C)(C)O[C@H]21. The van der Waals surface area contributed by atoms with Gasteiger partial charge in [0, 0.05) is 23.2 Å². The number of ether oxygens (including phenoxy) is 2. The molecule has 0 spiro atoms. The second kappa shape index (κ2) is 8.36. The molecule has 0 saturated carbocycles. The number of nitrogen functional groups attached to an aromatic ring is 1. The van der Waals surface area contributed by atoms with E-state index >= 15 is 0 Å². The van der Waals surface area contributed by atoms with Gasteiger partial charge in [0.15, 0.2) is 5.79 Å². The van der Waals surface area contributed by atoms with Gasteiger partial charge in [-0.15, -0.1) is 0 Å². The average Bonchev–Trinajstić information content (AvgIpc) is 3.46. The van der Waals surface area contributed by atoms with Crippen molar-refractivity contribution in [3.63, 3.8) is 0 Å². The summed E-state index contributed by atoms with van der Waals surface area (Å²) in [5.41, 5.74) is 10.7.